The lowest BCUT2D eigenvalue weighted by molar-refractivity contribution is 0.0767. The van der Waals surface area contributed by atoms with Crippen LogP contribution in [0, 0.1) is 0 Å². The number of amides is 1. The van der Waals surface area contributed by atoms with Crippen molar-refractivity contribution in [3.8, 4) is 11.1 Å². The minimum absolute atomic E-state index is 0. The molecular weight excluding hydrogens is 316 g/mol. The zero-order chi connectivity index (χ0) is 17.5. The number of aliphatic hydroxyl groups excluding tert-OH is 1. The van der Waals surface area contributed by atoms with E-state index in [1.165, 1.54) is 5.56 Å². The first-order valence-corrected chi connectivity index (χ1v) is 8.10. The quantitative estimate of drug-likeness (QED) is 0.582. The number of benzene rings is 2. The van der Waals surface area contributed by atoms with Crippen molar-refractivity contribution in [1.82, 2.24) is 10.8 Å². The maximum absolute atomic E-state index is 12.2. The fourth-order valence-corrected chi connectivity index (χ4v) is 2.44. The number of nitrogens with one attached hydrogen (secondary N) is 2. The number of hydroxylamine groups is 1. The molecule has 25 heavy (non-hydrogen) atoms. The van der Waals surface area contributed by atoms with Gasteiger partial charge in [0.1, 0.15) is 0 Å². The molecule has 0 fully saturated rings. The Morgan fingerprint density at radius 2 is 1.56 bits per heavy atom. The van der Waals surface area contributed by atoms with Crippen LogP contribution in [0.5, 0.6) is 0 Å². The van der Waals surface area contributed by atoms with E-state index in [0.29, 0.717) is 5.56 Å². The molecule has 0 saturated carbocycles. The van der Waals surface area contributed by atoms with Crippen LogP contribution < -0.4 is 10.8 Å². The van der Waals surface area contributed by atoms with Gasteiger partial charge in [0.2, 0.25) is 0 Å². The average molecular weight is 344 g/mol. The van der Waals surface area contributed by atoms with Gasteiger partial charge in [0.15, 0.2) is 0 Å². The first-order chi connectivity index (χ1) is 11.5. The number of hydrogen-bond donors (Lipinski definition) is 4. The summed E-state index contributed by atoms with van der Waals surface area (Å²) in [5.74, 6) is -0.288. The van der Waals surface area contributed by atoms with Crippen LogP contribution in [0.1, 0.15) is 37.2 Å². The molecule has 5 nitrogen and oxygen atoms in total. The lowest BCUT2D eigenvalue weighted by Crippen LogP contribution is -2.47. The number of hydrogen-bond acceptors (Lipinski definition) is 4. The molecule has 0 saturated heterocycles. The Kier molecular flexibility index (Phi) is 8.28. The van der Waals surface area contributed by atoms with Gasteiger partial charge in [-0.3, -0.25) is 4.79 Å². The van der Waals surface area contributed by atoms with Crippen molar-refractivity contribution < 1.29 is 15.1 Å². The summed E-state index contributed by atoms with van der Waals surface area (Å²) >= 11 is 0. The van der Waals surface area contributed by atoms with Crippen molar-refractivity contribution >= 4 is 5.91 Å². The normalized spacial score (nSPS) is 12.8. The van der Waals surface area contributed by atoms with Crippen LogP contribution in [-0.2, 0) is 6.42 Å². The minimum atomic E-state index is -0.773. The van der Waals surface area contributed by atoms with E-state index in [4.69, 9.17) is 5.21 Å². The molecule has 0 bridgehead atoms. The number of carbonyl (C=O) groups is 1. The predicted molar refractivity (Wildman–Crippen MR) is 101 cm³/mol. The van der Waals surface area contributed by atoms with Crippen LogP contribution in [0.4, 0.5) is 0 Å². The van der Waals surface area contributed by atoms with Crippen LogP contribution in [-0.4, -0.2) is 34.9 Å². The molecule has 2 rings (SSSR count). The molecule has 0 aliphatic heterocycles. The standard InChI is InChI=1S/C19H24N2O3.CH4/c1-3-14-4-6-15(7-5-14)16-8-10-17(11-9-16)19(23)21-18(12-20-24)13(2)22;/h4-11,13,18,20,22,24H,3,12H2,1-2H3,(H,21,23);1H4/t13-,18-;/m1./s1. The minimum Gasteiger partial charge on any atom is -0.391 e. The molecule has 2 aromatic carbocycles. The highest BCUT2D eigenvalue weighted by Crippen LogP contribution is 2.20. The summed E-state index contributed by atoms with van der Waals surface area (Å²) in [7, 11) is 0. The largest absolute Gasteiger partial charge is 0.391 e. The smallest absolute Gasteiger partial charge is 0.251 e. The summed E-state index contributed by atoms with van der Waals surface area (Å²) in [4.78, 5) is 12.2. The summed E-state index contributed by atoms with van der Waals surface area (Å²) < 4.78 is 0. The summed E-state index contributed by atoms with van der Waals surface area (Å²) in [6, 6.07) is 15.1. The third-order valence-corrected chi connectivity index (χ3v) is 4.05. The topological polar surface area (TPSA) is 81.6 Å². The van der Waals surface area contributed by atoms with Crippen LogP contribution in [0.25, 0.3) is 11.1 Å². The summed E-state index contributed by atoms with van der Waals surface area (Å²) in [6.45, 7) is 3.76. The van der Waals surface area contributed by atoms with E-state index in [-0.39, 0.29) is 19.9 Å². The van der Waals surface area contributed by atoms with Crippen LogP contribution in [0.15, 0.2) is 48.5 Å². The molecule has 0 aliphatic carbocycles. The molecule has 2 aromatic rings. The number of aliphatic hydroxyl groups is 1. The van der Waals surface area contributed by atoms with E-state index in [0.717, 1.165) is 17.5 Å². The third-order valence-electron chi connectivity index (χ3n) is 4.05. The lowest BCUT2D eigenvalue weighted by Gasteiger charge is -2.20. The third kappa shape index (κ3) is 5.67. The molecule has 0 aliphatic rings. The summed E-state index contributed by atoms with van der Waals surface area (Å²) in [6.07, 6.45) is 0.233. The van der Waals surface area contributed by atoms with Gasteiger partial charge in [0.05, 0.1) is 12.1 Å². The molecule has 0 spiro atoms. The van der Waals surface area contributed by atoms with Gasteiger partial charge >= 0.3 is 0 Å². The van der Waals surface area contributed by atoms with Gasteiger partial charge in [0, 0.05) is 12.1 Å². The van der Waals surface area contributed by atoms with Crippen molar-refractivity contribution in [2.75, 3.05) is 6.54 Å². The second-order valence-electron chi connectivity index (χ2n) is 5.81. The first kappa shape index (κ1) is 20.8. The molecule has 0 unspecified atom stereocenters. The van der Waals surface area contributed by atoms with Gasteiger partial charge in [-0.2, -0.15) is 0 Å². The van der Waals surface area contributed by atoms with E-state index in [2.05, 4.69) is 36.5 Å². The average Bonchev–Trinajstić information content (AvgIpc) is 2.61. The van der Waals surface area contributed by atoms with Gasteiger partial charge in [0.25, 0.3) is 5.91 Å². The second kappa shape index (κ2) is 9.93. The molecule has 0 heterocycles. The Hall–Kier alpha value is -2.21. The summed E-state index contributed by atoms with van der Waals surface area (Å²) in [5, 5.41) is 21.1. The Balaban J connectivity index is 0.00000312. The highest BCUT2D eigenvalue weighted by molar-refractivity contribution is 5.94. The monoisotopic (exact) mass is 344 g/mol. The molecule has 0 radical (unpaired) electrons. The molecule has 1 amide bonds. The highest BCUT2D eigenvalue weighted by atomic mass is 16.5. The van der Waals surface area contributed by atoms with E-state index in [1.807, 2.05) is 17.6 Å². The Bertz CT molecular complexity index is 652. The number of aryl methyl sites for hydroxylation is 1. The van der Waals surface area contributed by atoms with Crippen LogP contribution >= 0.6 is 0 Å². The molecule has 136 valence electrons. The van der Waals surface area contributed by atoms with Crippen molar-refractivity contribution in [2.45, 2.75) is 39.8 Å². The predicted octanol–water partition coefficient (Wildman–Crippen LogP) is 3.01. The van der Waals surface area contributed by atoms with Gasteiger partial charge < -0.3 is 15.6 Å². The van der Waals surface area contributed by atoms with Crippen molar-refractivity contribution in [1.29, 1.82) is 0 Å². The fourth-order valence-electron chi connectivity index (χ4n) is 2.44. The lowest BCUT2D eigenvalue weighted by atomic mass is 10.0. The number of rotatable bonds is 7. The van der Waals surface area contributed by atoms with Crippen LogP contribution in [0.3, 0.4) is 0 Å². The Morgan fingerprint density at radius 3 is 2.00 bits per heavy atom. The molecule has 4 N–H and O–H groups in total. The van der Waals surface area contributed by atoms with Crippen LogP contribution in [0.2, 0.25) is 0 Å². The molecular formula is C20H28N2O3. The maximum Gasteiger partial charge on any atom is 0.251 e. The van der Waals surface area contributed by atoms with Crippen molar-refractivity contribution in [2.24, 2.45) is 0 Å². The van der Waals surface area contributed by atoms with Crippen molar-refractivity contribution in [3.63, 3.8) is 0 Å². The van der Waals surface area contributed by atoms with E-state index >= 15 is 0 Å². The first-order valence-electron chi connectivity index (χ1n) is 8.10. The zero-order valence-corrected chi connectivity index (χ0v) is 14.0. The van der Waals surface area contributed by atoms with Gasteiger partial charge in [-0.05, 0) is 42.2 Å². The van der Waals surface area contributed by atoms with Crippen molar-refractivity contribution in [3.05, 3.63) is 59.7 Å². The summed E-state index contributed by atoms with van der Waals surface area (Å²) in [5.41, 5.74) is 5.91. The van der Waals surface area contributed by atoms with Gasteiger partial charge in [-0.15, -0.1) is 0 Å². The highest BCUT2D eigenvalue weighted by Gasteiger charge is 2.18. The van der Waals surface area contributed by atoms with Gasteiger partial charge in [-0.25, -0.2) is 5.48 Å². The molecule has 2 atom stereocenters. The van der Waals surface area contributed by atoms with E-state index in [9.17, 15) is 9.90 Å². The molecule has 5 heteroatoms. The molecule has 0 aromatic heterocycles. The maximum atomic E-state index is 12.2. The second-order valence-corrected chi connectivity index (χ2v) is 5.81. The van der Waals surface area contributed by atoms with Gasteiger partial charge in [-0.1, -0.05) is 50.7 Å². The zero-order valence-electron chi connectivity index (χ0n) is 14.0. The number of carbonyl (C=O) groups excluding carboxylic acids is 1. The fraction of sp³-hybridized carbons (Fsp3) is 0.350. The Morgan fingerprint density at radius 1 is 1.04 bits per heavy atom. The SMILES string of the molecule is C.CCc1ccc(-c2ccc(C(=O)N[C@H](CNO)[C@@H](C)O)cc2)cc1. The Labute approximate surface area is 149 Å². The van der Waals surface area contributed by atoms with E-state index in [1.54, 1.807) is 19.1 Å². The van der Waals surface area contributed by atoms with E-state index < -0.39 is 12.1 Å².